The van der Waals surface area contributed by atoms with Gasteiger partial charge in [-0.15, -0.1) is 0 Å². The number of thiocarbonyl (C=S) groups is 1. The lowest BCUT2D eigenvalue weighted by molar-refractivity contribution is 0.242. The van der Waals surface area contributed by atoms with Crippen molar-refractivity contribution in [2.75, 3.05) is 12.4 Å². The van der Waals surface area contributed by atoms with Crippen molar-refractivity contribution in [2.24, 2.45) is 0 Å². The molecule has 2 N–H and O–H groups in total. The summed E-state index contributed by atoms with van der Waals surface area (Å²) >= 11 is 5.31. The van der Waals surface area contributed by atoms with E-state index in [-0.39, 0.29) is 6.10 Å². The van der Waals surface area contributed by atoms with Crippen molar-refractivity contribution < 1.29 is 9.47 Å². The van der Waals surface area contributed by atoms with E-state index in [0.717, 1.165) is 22.7 Å². The summed E-state index contributed by atoms with van der Waals surface area (Å²) in [4.78, 5) is 0. The Kier molecular flexibility index (Phi) is 6.23. The number of benzene rings is 2. The molecule has 2 aromatic carbocycles. The van der Waals surface area contributed by atoms with Crippen LogP contribution in [0.25, 0.3) is 0 Å². The lowest BCUT2D eigenvalue weighted by atomic mass is 10.2. The quantitative estimate of drug-likeness (QED) is 0.785. The molecule has 0 radical (unpaired) electrons. The van der Waals surface area contributed by atoms with Crippen LogP contribution >= 0.6 is 12.2 Å². The van der Waals surface area contributed by atoms with E-state index in [0.29, 0.717) is 11.7 Å². The molecule has 0 bridgehead atoms. The van der Waals surface area contributed by atoms with Gasteiger partial charge in [0.1, 0.15) is 11.5 Å². The second kappa shape index (κ2) is 8.39. The van der Waals surface area contributed by atoms with Gasteiger partial charge in [-0.2, -0.15) is 0 Å². The molecule has 0 amide bonds. The maximum Gasteiger partial charge on any atom is 0.171 e. The Morgan fingerprint density at radius 3 is 2.17 bits per heavy atom. The Morgan fingerprint density at radius 1 is 1.00 bits per heavy atom. The third-order valence-corrected chi connectivity index (χ3v) is 3.34. The molecule has 0 saturated heterocycles. The zero-order chi connectivity index (χ0) is 16.7. The van der Waals surface area contributed by atoms with Crippen molar-refractivity contribution >= 4 is 23.0 Å². The third-order valence-electron chi connectivity index (χ3n) is 3.10. The maximum atomic E-state index is 5.61. The van der Waals surface area contributed by atoms with Crippen molar-refractivity contribution in [3.63, 3.8) is 0 Å². The Hall–Kier alpha value is -2.27. The maximum absolute atomic E-state index is 5.61. The Labute approximate surface area is 142 Å². The molecule has 0 aromatic heterocycles. The fourth-order valence-corrected chi connectivity index (χ4v) is 2.18. The zero-order valence-corrected chi connectivity index (χ0v) is 14.4. The number of rotatable bonds is 6. The number of nitrogens with one attached hydrogen (secondary N) is 2. The Morgan fingerprint density at radius 2 is 1.61 bits per heavy atom. The van der Waals surface area contributed by atoms with Gasteiger partial charge in [-0.05, 0) is 68.0 Å². The van der Waals surface area contributed by atoms with Crippen molar-refractivity contribution in [1.29, 1.82) is 0 Å². The molecule has 0 fully saturated rings. The van der Waals surface area contributed by atoms with Gasteiger partial charge >= 0.3 is 0 Å². The van der Waals surface area contributed by atoms with Crippen LogP contribution < -0.4 is 20.1 Å². The first kappa shape index (κ1) is 17.1. The van der Waals surface area contributed by atoms with Gasteiger partial charge < -0.3 is 20.1 Å². The summed E-state index contributed by atoms with van der Waals surface area (Å²) < 4.78 is 10.8. The van der Waals surface area contributed by atoms with Gasteiger partial charge in [-0.25, -0.2) is 0 Å². The highest BCUT2D eigenvalue weighted by Gasteiger charge is 2.01. The normalized spacial score (nSPS) is 10.3. The van der Waals surface area contributed by atoms with Crippen molar-refractivity contribution in [1.82, 2.24) is 5.32 Å². The van der Waals surface area contributed by atoms with Crippen LogP contribution in [0.3, 0.4) is 0 Å². The van der Waals surface area contributed by atoms with Crippen LogP contribution in [0, 0.1) is 0 Å². The Balaban J connectivity index is 1.81. The van der Waals surface area contributed by atoms with E-state index < -0.39 is 0 Å². The molecule has 0 aliphatic rings. The molecule has 23 heavy (non-hydrogen) atoms. The number of ether oxygens (including phenoxy) is 2. The van der Waals surface area contributed by atoms with Gasteiger partial charge in [0.2, 0.25) is 0 Å². The van der Waals surface area contributed by atoms with Crippen molar-refractivity contribution in [3.8, 4) is 11.5 Å². The lowest BCUT2D eigenvalue weighted by Crippen LogP contribution is -2.27. The van der Waals surface area contributed by atoms with Crippen molar-refractivity contribution in [3.05, 3.63) is 54.1 Å². The fraction of sp³-hybridized carbons (Fsp3) is 0.278. The fourth-order valence-electron chi connectivity index (χ4n) is 1.99. The van der Waals surface area contributed by atoms with E-state index in [9.17, 15) is 0 Å². The highest BCUT2D eigenvalue weighted by Crippen LogP contribution is 2.17. The molecule has 2 aromatic rings. The topological polar surface area (TPSA) is 42.5 Å². The van der Waals surface area contributed by atoms with E-state index in [1.165, 1.54) is 0 Å². The van der Waals surface area contributed by atoms with E-state index >= 15 is 0 Å². The van der Waals surface area contributed by atoms with Gasteiger partial charge in [-0.3, -0.25) is 0 Å². The molecular weight excluding hydrogens is 308 g/mol. The summed E-state index contributed by atoms with van der Waals surface area (Å²) in [7, 11) is 1.66. The largest absolute Gasteiger partial charge is 0.497 e. The zero-order valence-electron chi connectivity index (χ0n) is 13.6. The number of hydrogen-bond donors (Lipinski definition) is 2. The second-order valence-corrected chi connectivity index (χ2v) is 5.75. The summed E-state index contributed by atoms with van der Waals surface area (Å²) in [5.74, 6) is 1.70. The van der Waals surface area contributed by atoms with Crippen LogP contribution in [0.15, 0.2) is 48.5 Å². The van der Waals surface area contributed by atoms with Crippen LogP contribution in [-0.2, 0) is 6.54 Å². The summed E-state index contributed by atoms with van der Waals surface area (Å²) in [5.41, 5.74) is 2.06. The molecule has 0 unspecified atom stereocenters. The summed E-state index contributed by atoms with van der Waals surface area (Å²) in [6.45, 7) is 4.67. The number of methoxy groups -OCH3 is 1. The van der Waals surface area contributed by atoms with Gasteiger partial charge in [0, 0.05) is 12.2 Å². The molecule has 4 nitrogen and oxygen atoms in total. The molecule has 0 saturated carbocycles. The third kappa shape index (κ3) is 5.79. The monoisotopic (exact) mass is 330 g/mol. The summed E-state index contributed by atoms with van der Waals surface area (Å²) in [5, 5.41) is 6.92. The lowest BCUT2D eigenvalue weighted by Gasteiger charge is -2.13. The van der Waals surface area contributed by atoms with Gasteiger partial charge in [0.25, 0.3) is 0 Å². The van der Waals surface area contributed by atoms with Crippen LogP contribution in [0.2, 0.25) is 0 Å². The second-order valence-electron chi connectivity index (χ2n) is 5.35. The van der Waals surface area contributed by atoms with Crippen LogP contribution in [0.4, 0.5) is 5.69 Å². The minimum atomic E-state index is 0.168. The molecule has 2 rings (SSSR count). The molecule has 0 atom stereocenters. The Bertz CT molecular complexity index is 624. The van der Waals surface area contributed by atoms with Crippen LogP contribution in [-0.4, -0.2) is 18.3 Å². The van der Waals surface area contributed by atoms with Gasteiger partial charge in [0.05, 0.1) is 13.2 Å². The van der Waals surface area contributed by atoms with Crippen LogP contribution in [0.1, 0.15) is 19.4 Å². The smallest absolute Gasteiger partial charge is 0.171 e. The van der Waals surface area contributed by atoms with E-state index in [2.05, 4.69) is 10.6 Å². The number of anilines is 1. The number of hydrogen-bond acceptors (Lipinski definition) is 3. The predicted octanol–water partition coefficient (Wildman–Crippen LogP) is 3.97. The highest BCUT2D eigenvalue weighted by molar-refractivity contribution is 7.80. The van der Waals surface area contributed by atoms with E-state index in [1.54, 1.807) is 7.11 Å². The van der Waals surface area contributed by atoms with Crippen LogP contribution in [0.5, 0.6) is 11.5 Å². The highest BCUT2D eigenvalue weighted by atomic mass is 32.1. The minimum Gasteiger partial charge on any atom is -0.497 e. The van der Waals surface area contributed by atoms with Gasteiger partial charge in [-0.1, -0.05) is 12.1 Å². The minimum absolute atomic E-state index is 0.168. The molecule has 0 aliphatic carbocycles. The van der Waals surface area contributed by atoms with E-state index in [4.69, 9.17) is 21.7 Å². The molecule has 5 heteroatoms. The standard InChI is InChI=1S/C18H22N2O2S/c1-13(2)22-17-10-6-15(7-11-17)20-18(23)19-12-14-4-8-16(21-3)9-5-14/h4-11,13H,12H2,1-3H3,(H2,19,20,23). The van der Waals surface area contributed by atoms with Gasteiger partial charge in [0.15, 0.2) is 5.11 Å². The molecule has 0 aliphatic heterocycles. The molecular formula is C18H22N2O2S. The SMILES string of the molecule is COc1ccc(CNC(=S)Nc2ccc(OC(C)C)cc2)cc1. The van der Waals surface area contributed by atoms with E-state index in [1.807, 2.05) is 62.4 Å². The van der Waals surface area contributed by atoms with Crippen molar-refractivity contribution in [2.45, 2.75) is 26.5 Å². The first-order valence-corrected chi connectivity index (χ1v) is 7.92. The summed E-state index contributed by atoms with van der Waals surface area (Å²) in [6, 6.07) is 15.6. The predicted molar refractivity (Wildman–Crippen MR) is 98.3 cm³/mol. The average molecular weight is 330 g/mol. The molecule has 0 heterocycles. The first-order chi connectivity index (χ1) is 11.1. The average Bonchev–Trinajstić information content (AvgIpc) is 2.55. The molecule has 0 spiro atoms. The first-order valence-electron chi connectivity index (χ1n) is 7.51. The molecule has 122 valence electrons. The summed E-state index contributed by atoms with van der Waals surface area (Å²) in [6.07, 6.45) is 0.168.